The Morgan fingerprint density at radius 1 is 1.00 bits per heavy atom. The highest BCUT2D eigenvalue weighted by Crippen LogP contribution is 2.32. The first-order valence-electron chi connectivity index (χ1n) is 8.74. The van der Waals surface area contributed by atoms with E-state index in [4.69, 9.17) is 11.5 Å². The summed E-state index contributed by atoms with van der Waals surface area (Å²) in [5.41, 5.74) is 15.3. The summed E-state index contributed by atoms with van der Waals surface area (Å²) in [7, 11) is 0. The molecule has 3 rings (SSSR count). The molecule has 0 aliphatic rings. The Hall–Kier alpha value is -3.15. The number of carbonyl (C=O) groups is 1. The fourth-order valence-corrected chi connectivity index (χ4v) is 2.49. The molecular formula is C20H27N5O. The van der Waals surface area contributed by atoms with Gasteiger partial charge in [-0.05, 0) is 24.1 Å². The van der Waals surface area contributed by atoms with E-state index in [1.165, 1.54) is 0 Å². The van der Waals surface area contributed by atoms with E-state index in [0.717, 1.165) is 11.1 Å². The third kappa shape index (κ3) is 4.47. The second kappa shape index (κ2) is 9.98. The number of hydrogen-bond acceptors (Lipinski definition) is 4. The summed E-state index contributed by atoms with van der Waals surface area (Å²) in [5.74, 6) is -0.311. The Morgan fingerprint density at radius 2 is 1.62 bits per heavy atom. The van der Waals surface area contributed by atoms with Crippen molar-refractivity contribution in [3.63, 3.8) is 0 Å². The molecule has 0 aliphatic carbocycles. The van der Waals surface area contributed by atoms with E-state index < -0.39 is 5.91 Å². The van der Waals surface area contributed by atoms with Gasteiger partial charge in [0.25, 0.3) is 5.91 Å². The number of H-pyrrole nitrogens is 1. The van der Waals surface area contributed by atoms with E-state index in [1.54, 1.807) is 12.3 Å². The number of rotatable bonds is 3. The maximum Gasteiger partial charge on any atom is 0.251 e. The normalized spacial score (nSPS) is 9.42. The summed E-state index contributed by atoms with van der Waals surface area (Å²) >= 11 is 0. The van der Waals surface area contributed by atoms with Crippen LogP contribution in [0.3, 0.4) is 0 Å². The third-order valence-electron chi connectivity index (χ3n) is 3.49. The fraction of sp³-hybridized carbons (Fsp3) is 0.250. The Balaban J connectivity index is 0.000000791. The van der Waals surface area contributed by atoms with Crippen LogP contribution in [-0.4, -0.2) is 20.9 Å². The number of hydrogen-bond donors (Lipinski definition) is 3. The van der Waals surface area contributed by atoms with Gasteiger partial charge in [0, 0.05) is 6.20 Å². The lowest BCUT2D eigenvalue weighted by molar-refractivity contribution is 0.100. The number of nitrogens with zero attached hydrogens (tertiary/aromatic N) is 2. The SMILES string of the molecule is CC.CC.Cc1c(-c2ccnc(N)n2)[nH]c(-c2ccccc2)c1C(N)=O. The molecule has 3 aromatic rings. The van der Waals surface area contributed by atoms with Crippen molar-refractivity contribution in [1.29, 1.82) is 0 Å². The van der Waals surface area contributed by atoms with Gasteiger partial charge in [0.2, 0.25) is 5.95 Å². The summed E-state index contributed by atoms with van der Waals surface area (Å²) < 4.78 is 0. The van der Waals surface area contributed by atoms with Crippen LogP contribution in [0.15, 0.2) is 42.6 Å². The summed E-state index contributed by atoms with van der Waals surface area (Å²) in [6.45, 7) is 9.83. The van der Waals surface area contributed by atoms with Crippen molar-refractivity contribution >= 4 is 11.9 Å². The van der Waals surface area contributed by atoms with Gasteiger partial charge in [0.1, 0.15) is 0 Å². The maximum absolute atomic E-state index is 11.9. The minimum Gasteiger partial charge on any atom is -0.368 e. The molecule has 0 fully saturated rings. The molecule has 6 nitrogen and oxygen atoms in total. The monoisotopic (exact) mass is 353 g/mol. The Morgan fingerprint density at radius 3 is 2.15 bits per heavy atom. The first-order chi connectivity index (χ1) is 12.6. The van der Waals surface area contributed by atoms with Crippen LogP contribution in [0.5, 0.6) is 0 Å². The molecule has 0 spiro atoms. The zero-order chi connectivity index (χ0) is 19.7. The molecule has 0 aliphatic heterocycles. The molecule has 0 unspecified atom stereocenters. The Bertz CT molecular complexity index is 841. The predicted molar refractivity (Wildman–Crippen MR) is 108 cm³/mol. The number of anilines is 1. The van der Waals surface area contributed by atoms with Crippen molar-refractivity contribution in [1.82, 2.24) is 15.0 Å². The molecule has 26 heavy (non-hydrogen) atoms. The summed E-state index contributed by atoms with van der Waals surface area (Å²) in [6, 6.07) is 11.3. The molecule has 6 heteroatoms. The summed E-state index contributed by atoms with van der Waals surface area (Å²) in [6.07, 6.45) is 1.57. The van der Waals surface area contributed by atoms with Gasteiger partial charge in [0.05, 0.1) is 22.6 Å². The number of aromatic amines is 1. The molecular weight excluding hydrogens is 326 g/mol. The molecule has 0 bridgehead atoms. The van der Waals surface area contributed by atoms with Gasteiger partial charge >= 0.3 is 0 Å². The standard InChI is InChI=1S/C16H15N5O.2C2H6/c1-9-12(15(17)22)14(10-5-3-2-4-6-10)21-13(9)11-7-8-19-16(18)20-11;2*1-2/h2-8,21H,1H3,(H2,17,22)(H2,18,19,20);2*1-2H3. The largest absolute Gasteiger partial charge is 0.368 e. The predicted octanol–water partition coefficient (Wildman–Crippen LogP) is 4.18. The van der Waals surface area contributed by atoms with Gasteiger partial charge < -0.3 is 16.5 Å². The first kappa shape index (κ1) is 20.9. The van der Waals surface area contributed by atoms with E-state index in [1.807, 2.05) is 65.0 Å². The van der Waals surface area contributed by atoms with Crippen molar-refractivity contribution in [2.24, 2.45) is 5.73 Å². The average Bonchev–Trinajstić information content (AvgIpc) is 3.03. The number of benzene rings is 1. The molecule has 5 N–H and O–H groups in total. The number of amides is 1. The van der Waals surface area contributed by atoms with Crippen LogP contribution in [0.4, 0.5) is 5.95 Å². The molecule has 1 amide bonds. The third-order valence-corrected chi connectivity index (χ3v) is 3.49. The zero-order valence-corrected chi connectivity index (χ0v) is 16.0. The van der Waals surface area contributed by atoms with E-state index in [2.05, 4.69) is 15.0 Å². The van der Waals surface area contributed by atoms with Crippen molar-refractivity contribution in [2.45, 2.75) is 34.6 Å². The Kier molecular flexibility index (Phi) is 8.02. The van der Waals surface area contributed by atoms with Crippen LogP contribution in [0.2, 0.25) is 0 Å². The van der Waals surface area contributed by atoms with Gasteiger partial charge in [0.15, 0.2) is 0 Å². The van der Waals surface area contributed by atoms with E-state index >= 15 is 0 Å². The lowest BCUT2D eigenvalue weighted by Crippen LogP contribution is -2.12. The van der Waals surface area contributed by atoms with Crippen molar-refractivity contribution in [3.05, 3.63) is 53.7 Å². The number of carbonyl (C=O) groups excluding carboxylic acids is 1. The van der Waals surface area contributed by atoms with Crippen molar-refractivity contribution < 1.29 is 4.79 Å². The number of nitrogen functional groups attached to an aromatic ring is 1. The number of primary amides is 1. The van der Waals surface area contributed by atoms with Crippen molar-refractivity contribution in [2.75, 3.05) is 5.73 Å². The second-order valence-electron chi connectivity index (χ2n) is 4.91. The smallest absolute Gasteiger partial charge is 0.251 e. The van der Waals surface area contributed by atoms with Crippen LogP contribution >= 0.6 is 0 Å². The summed E-state index contributed by atoms with van der Waals surface area (Å²) in [4.78, 5) is 23.2. The van der Waals surface area contributed by atoms with Crippen LogP contribution < -0.4 is 11.5 Å². The zero-order valence-electron chi connectivity index (χ0n) is 16.0. The van der Waals surface area contributed by atoms with Gasteiger partial charge in [-0.15, -0.1) is 0 Å². The van der Waals surface area contributed by atoms with Crippen LogP contribution in [0.25, 0.3) is 22.6 Å². The molecule has 2 aromatic heterocycles. The topological polar surface area (TPSA) is 111 Å². The average molecular weight is 353 g/mol. The van der Waals surface area contributed by atoms with Gasteiger partial charge in [-0.25, -0.2) is 9.97 Å². The van der Waals surface area contributed by atoms with Crippen LogP contribution in [0, 0.1) is 6.92 Å². The number of nitrogens with one attached hydrogen (secondary N) is 1. The number of nitrogens with two attached hydrogens (primary N) is 2. The van der Waals surface area contributed by atoms with Gasteiger partial charge in [-0.1, -0.05) is 58.0 Å². The highest BCUT2D eigenvalue weighted by molar-refractivity contribution is 6.02. The van der Waals surface area contributed by atoms with Gasteiger partial charge in [-0.2, -0.15) is 0 Å². The summed E-state index contributed by atoms with van der Waals surface area (Å²) in [5, 5.41) is 0. The molecule has 0 saturated carbocycles. The van der Waals surface area contributed by atoms with Crippen molar-refractivity contribution in [3.8, 4) is 22.6 Å². The fourth-order valence-electron chi connectivity index (χ4n) is 2.49. The van der Waals surface area contributed by atoms with E-state index in [0.29, 0.717) is 22.6 Å². The van der Waals surface area contributed by atoms with E-state index in [9.17, 15) is 4.79 Å². The minimum absolute atomic E-state index is 0.174. The van der Waals surface area contributed by atoms with Gasteiger partial charge in [-0.3, -0.25) is 4.79 Å². The van der Waals surface area contributed by atoms with Crippen LogP contribution in [0.1, 0.15) is 43.6 Å². The van der Waals surface area contributed by atoms with E-state index in [-0.39, 0.29) is 5.95 Å². The maximum atomic E-state index is 11.9. The molecule has 1 aromatic carbocycles. The quantitative estimate of drug-likeness (QED) is 0.656. The molecule has 138 valence electrons. The Labute approximate surface area is 154 Å². The highest BCUT2D eigenvalue weighted by Gasteiger charge is 2.21. The molecule has 0 saturated heterocycles. The molecule has 0 radical (unpaired) electrons. The molecule has 2 heterocycles. The number of aromatic nitrogens is 3. The highest BCUT2D eigenvalue weighted by atomic mass is 16.1. The first-order valence-corrected chi connectivity index (χ1v) is 8.74. The lowest BCUT2D eigenvalue weighted by atomic mass is 10.0. The van der Waals surface area contributed by atoms with Crippen LogP contribution in [-0.2, 0) is 0 Å². The second-order valence-corrected chi connectivity index (χ2v) is 4.91. The molecule has 0 atom stereocenters. The lowest BCUT2D eigenvalue weighted by Gasteiger charge is -2.01. The minimum atomic E-state index is -0.485.